The van der Waals surface area contributed by atoms with Crippen molar-refractivity contribution in [2.75, 3.05) is 5.32 Å². The van der Waals surface area contributed by atoms with Gasteiger partial charge in [0.1, 0.15) is 5.75 Å². The molecule has 2 N–H and O–H groups in total. The third-order valence-corrected chi connectivity index (χ3v) is 5.61. The summed E-state index contributed by atoms with van der Waals surface area (Å²) in [5.74, 6) is 0.255. The molecule has 26 heavy (non-hydrogen) atoms. The van der Waals surface area contributed by atoms with Crippen molar-refractivity contribution in [2.24, 2.45) is 0 Å². The molecular formula is C19H22N2O4S. The van der Waals surface area contributed by atoms with Crippen molar-refractivity contribution in [3.8, 4) is 5.75 Å². The smallest absolute Gasteiger partial charge is 0.265 e. The molecule has 0 spiro atoms. The normalized spacial score (nSPS) is 16.5. The monoisotopic (exact) mass is 374 g/mol. The van der Waals surface area contributed by atoms with Crippen LogP contribution < -0.4 is 14.8 Å². The number of anilines is 1. The molecule has 2 aromatic rings. The second-order valence-corrected chi connectivity index (χ2v) is 7.97. The largest absolute Gasteiger partial charge is 0.478 e. The van der Waals surface area contributed by atoms with Gasteiger partial charge in [0.2, 0.25) is 10.0 Å². The molecule has 0 aliphatic carbocycles. The lowest BCUT2D eigenvalue weighted by molar-refractivity contribution is -0.123. The van der Waals surface area contributed by atoms with Gasteiger partial charge in [-0.25, -0.2) is 13.1 Å². The topological polar surface area (TPSA) is 84.5 Å². The lowest BCUT2D eigenvalue weighted by Crippen LogP contribution is -2.37. The third-order valence-electron chi connectivity index (χ3n) is 4.21. The van der Waals surface area contributed by atoms with Gasteiger partial charge in [-0.2, -0.15) is 0 Å². The number of carbonyl (C=O) groups excluding carboxylic acids is 1. The number of amides is 1. The van der Waals surface area contributed by atoms with E-state index in [1.54, 1.807) is 6.07 Å². The van der Waals surface area contributed by atoms with Crippen LogP contribution in [0.4, 0.5) is 5.69 Å². The predicted molar refractivity (Wildman–Crippen MR) is 99.5 cm³/mol. The lowest BCUT2D eigenvalue weighted by atomic mass is 10.1. The zero-order valence-electron chi connectivity index (χ0n) is 14.6. The van der Waals surface area contributed by atoms with E-state index in [0.717, 1.165) is 18.4 Å². The first-order valence-corrected chi connectivity index (χ1v) is 10.1. The van der Waals surface area contributed by atoms with Gasteiger partial charge in [0.05, 0.1) is 10.6 Å². The van der Waals surface area contributed by atoms with Gasteiger partial charge in [-0.1, -0.05) is 43.7 Å². The van der Waals surface area contributed by atoms with E-state index < -0.39 is 16.1 Å². The summed E-state index contributed by atoms with van der Waals surface area (Å²) in [7, 11) is -3.69. The molecule has 7 heteroatoms. The first kappa shape index (κ1) is 18.4. The van der Waals surface area contributed by atoms with E-state index in [2.05, 4.69) is 10.0 Å². The molecule has 1 atom stereocenters. The molecule has 0 radical (unpaired) electrons. The molecule has 1 aliphatic rings. The Bertz CT molecular complexity index is 882. The average Bonchev–Trinajstić information content (AvgIpc) is 2.65. The summed E-state index contributed by atoms with van der Waals surface area (Å²) in [5, 5.41) is 2.75. The number of benzene rings is 2. The van der Waals surface area contributed by atoms with Crippen molar-refractivity contribution < 1.29 is 17.9 Å². The second kappa shape index (κ2) is 7.88. The van der Waals surface area contributed by atoms with Crippen molar-refractivity contribution >= 4 is 21.6 Å². The van der Waals surface area contributed by atoms with Crippen LogP contribution >= 0.6 is 0 Å². The zero-order chi connectivity index (χ0) is 18.6. The minimum atomic E-state index is -3.69. The Morgan fingerprint density at radius 3 is 2.65 bits per heavy atom. The maximum Gasteiger partial charge on any atom is 0.265 e. The zero-order valence-corrected chi connectivity index (χ0v) is 15.4. The van der Waals surface area contributed by atoms with Crippen molar-refractivity contribution in [3.63, 3.8) is 0 Å². The third kappa shape index (κ3) is 4.23. The minimum absolute atomic E-state index is 0.0862. The van der Waals surface area contributed by atoms with Gasteiger partial charge in [0.15, 0.2) is 6.10 Å². The van der Waals surface area contributed by atoms with Crippen LogP contribution in [0.3, 0.4) is 0 Å². The summed E-state index contributed by atoms with van der Waals surface area (Å²) in [4.78, 5) is 12.2. The fourth-order valence-corrected chi connectivity index (χ4v) is 3.78. The predicted octanol–water partition coefficient (Wildman–Crippen LogP) is 3.05. The van der Waals surface area contributed by atoms with E-state index in [1.807, 2.05) is 37.3 Å². The molecule has 6 nitrogen and oxygen atoms in total. The molecule has 1 amide bonds. The van der Waals surface area contributed by atoms with Gasteiger partial charge >= 0.3 is 0 Å². The van der Waals surface area contributed by atoms with Crippen LogP contribution in [0.5, 0.6) is 5.75 Å². The van der Waals surface area contributed by atoms with Gasteiger partial charge in [-0.05, 0) is 36.6 Å². The van der Waals surface area contributed by atoms with Crippen LogP contribution in [0.15, 0.2) is 53.4 Å². The van der Waals surface area contributed by atoms with Crippen LogP contribution in [0.2, 0.25) is 0 Å². The molecule has 0 aromatic heterocycles. The summed E-state index contributed by atoms with van der Waals surface area (Å²) >= 11 is 0. The number of rotatable bonds is 7. The number of fused-ring (bicyclic) bond motifs is 1. The quantitative estimate of drug-likeness (QED) is 0.780. The van der Waals surface area contributed by atoms with Crippen molar-refractivity contribution in [2.45, 2.75) is 43.7 Å². The second-order valence-electron chi connectivity index (χ2n) is 6.21. The van der Waals surface area contributed by atoms with E-state index in [1.165, 1.54) is 12.1 Å². The van der Waals surface area contributed by atoms with Crippen LogP contribution in [-0.2, 0) is 21.4 Å². The highest BCUT2D eigenvalue weighted by Crippen LogP contribution is 2.32. The maximum atomic E-state index is 12.5. The summed E-state index contributed by atoms with van der Waals surface area (Å²) in [6, 6.07) is 13.8. The summed E-state index contributed by atoms with van der Waals surface area (Å²) in [6.45, 7) is 2.25. The molecule has 1 heterocycles. The van der Waals surface area contributed by atoms with Crippen molar-refractivity contribution in [3.05, 3.63) is 54.1 Å². The molecule has 138 valence electrons. The summed E-state index contributed by atoms with van der Waals surface area (Å²) in [5.41, 5.74) is 1.25. The average molecular weight is 374 g/mol. The Kier molecular flexibility index (Phi) is 5.58. The van der Waals surface area contributed by atoms with Crippen molar-refractivity contribution in [1.82, 2.24) is 4.72 Å². The highest BCUT2D eigenvalue weighted by Gasteiger charge is 2.28. The lowest BCUT2D eigenvalue weighted by Gasteiger charge is -2.26. The van der Waals surface area contributed by atoms with E-state index in [-0.39, 0.29) is 17.3 Å². The van der Waals surface area contributed by atoms with E-state index in [9.17, 15) is 13.2 Å². The standard InChI is InChI=1S/C19H22N2O4S/c1-2-3-9-18-19(22)21-16-12-15(10-11-17(16)25-18)26(23,24)20-13-14-7-5-4-6-8-14/h4-8,10-12,18,20H,2-3,9,13H2,1H3,(H,21,22). The van der Waals surface area contributed by atoms with Crippen LogP contribution in [-0.4, -0.2) is 20.4 Å². The Hall–Kier alpha value is -2.38. The van der Waals surface area contributed by atoms with Gasteiger partial charge in [-0.15, -0.1) is 0 Å². The first-order valence-electron chi connectivity index (χ1n) is 8.65. The molecule has 0 bridgehead atoms. The van der Waals surface area contributed by atoms with Crippen LogP contribution in [0, 0.1) is 0 Å². The maximum absolute atomic E-state index is 12.5. The number of ether oxygens (including phenoxy) is 1. The minimum Gasteiger partial charge on any atom is -0.478 e. The number of nitrogens with one attached hydrogen (secondary N) is 2. The Morgan fingerprint density at radius 2 is 1.92 bits per heavy atom. The highest BCUT2D eigenvalue weighted by atomic mass is 32.2. The molecule has 0 fully saturated rings. The highest BCUT2D eigenvalue weighted by molar-refractivity contribution is 7.89. The molecule has 0 saturated carbocycles. The number of unbranched alkanes of at least 4 members (excludes halogenated alkanes) is 1. The number of hydrogen-bond acceptors (Lipinski definition) is 4. The SMILES string of the molecule is CCCCC1Oc2ccc(S(=O)(=O)NCc3ccccc3)cc2NC1=O. The molecule has 0 saturated heterocycles. The van der Waals surface area contributed by atoms with Gasteiger partial charge in [-0.3, -0.25) is 4.79 Å². The van der Waals surface area contributed by atoms with Crippen molar-refractivity contribution in [1.29, 1.82) is 0 Å². The number of carbonyl (C=O) groups is 1. The van der Waals surface area contributed by atoms with Gasteiger partial charge in [0, 0.05) is 6.54 Å². The van der Waals surface area contributed by atoms with Crippen LogP contribution in [0.1, 0.15) is 31.7 Å². The summed E-state index contributed by atoms with van der Waals surface area (Å²) < 4.78 is 33.3. The fourth-order valence-electron chi connectivity index (χ4n) is 2.73. The molecule has 1 aliphatic heterocycles. The van der Waals surface area contributed by atoms with Gasteiger partial charge in [0.25, 0.3) is 5.91 Å². The molecule has 1 unspecified atom stereocenters. The Balaban J connectivity index is 1.74. The Morgan fingerprint density at radius 1 is 1.15 bits per heavy atom. The number of hydrogen-bond donors (Lipinski definition) is 2. The first-order chi connectivity index (χ1) is 12.5. The van der Waals surface area contributed by atoms with E-state index in [0.29, 0.717) is 17.9 Å². The number of sulfonamides is 1. The van der Waals surface area contributed by atoms with E-state index in [4.69, 9.17) is 4.74 Å². The van der Waals surface area contributed by atoms with Gasteiger partial charge < -0.3 is 10.1 Å². The fraction of sp³-hybridized carbons (Fsp3) is 0.316. The molecule has 3 rings (SSSR count). The van der Waals surface area contributed by atoms with Crippen LogP contribution in [0.25, 0.3) is 0 Å². The molecule has 2 aromatic carbocycles. The Labute approximate surface area is 153 Å². The van der Waals surface area contributed by atoms with E-state index >= 15 is 0 Å². The molecular weight excluding hydrogens is 352 g/mol. The summed E-state index contributed by atoms with van der Waals surface area (Å²) in [6.07, 6.45) is 1.98.